The van der Waals surface area contributed by atoms with Crippen molar-refractivity contribution in [3.63, 3.8) is 0 Å². The van der Waals surface area contributed by atoms with Gasteiger partial charge in [0.1, 0.15) is 11.5 Å². The first-order chi connectivity index (χ1) is 34.8. The zero-order valence-electron chi connectivity index (χ0n) is 42.8. The number of anilines is 2. The van der Waals surface area contributed by atoms with Crippen LogP contribution in [0.2, 0.25) is 0 Å². The SMILES string of the molecule is C[C@]12CC[C@@H]3c4ccc(O)cc4CC[C@H]3[C@@H]1CC/C2=N\NC(=O)C[n+]1ccc(NC(=O)CCCCCCC(=O)Nc2cc[n+](CC(=O)N/N=C3\CC[C@H]4[C@@H]5CCc6cc(O)ccc6[C@H]5CC[C@]34C)cc2)cc1.[Cl-].[Cl-]. The molecular formula is C58H72Cl2N8O6. The number of phenolic OH excluding ortho intramolecular Hbond substituents is 2. The molecule has 2 aromatic carbocycles. The number of hydrogen-bond acceptors (Lipinski definition) is 8. The quantitative estimate of drug-likeness (QED) is 0.0604. The fourth-order valence-electron chi connectivity index (χ4n) is 14.4. The predicted octanol–water partition coefficient (Wildman–Crippen LogP) is 2.66. The maximum absolute atomic E-state index is 13.0. The van der Waals surface area contributed by atoms with Crippen molar-refractivity contribution in [3.05, 3.63) is 108 Å². The maximum atomic E-state index is 13.0. The van der Waals surface area contributed by atoms with E-state index in [2.05, 4.69) is 47.5 Å². The Labute approximate surface area is 447 Å². The molecule has 4 saturated carbocycles. The van der Waals surface area contributed by atoms with Crippen LogP contribution in [0.25, 0.3) is 0 Å². The zero-order chi connectivity index (χ0) is 50.0. The highest BCUT2D eigenvalue weighted by Crippen LogP contribution is 2.61. The Kier molecular flexibility index (Phi) is 17.2. The summed E-state index contributed by atoms with van der Waals surface area (Å²) in [4.78, 5) is 51.4. The molecule has 4 fully saturated rings. The summed E-state index contributed by atoms with van der Waals surface area (Å²) in [7, 11) is 0. The molecule has 2 aromatic heterocycles. The van der Waals surface area contributed by atoms with Gasteiger partial charge in [-0.1, -0.05) is 38.8 Å². The van der Waals surface area contributed by atoms with Gasteiger partial charge in [0.25, 0.3) is 0 Å². The average Bonchev–Trinajstić information content (AvgIpc) is 3.90. The second-order valence-electron chi connectivity index (χ2n) is 22.3. The van der Waals surface area contributed by atoms with Crippen LogP contribution in [0, 0.1) is 34.5 Å². The Morgan fingerprint density at radius 1 is 0.541 bits per heavy atom. The summed E-state index contributed by atoms with van der Waals surface area (Å²) < 4.78 is 3.55. The number of halogens is 2. The Morgan fingerprint density at radius 3 is 1.35 bits per heavy atom. The van der Waals surface area contributed by atoms with Gasteiger partial charge in [-0.25, -0.2) is 10.9 Å². The summed E-state index contributed by atoms with van der Waals surface area (Å²) in [5.41, 5.74) is 14.6. The van der Waals surface area contributed by atoms with Crippen LogP contribution in [0.4, 0.5) is 11.4 Å². The lowest BCUT2D eigenvalue weighted by Crippen LogP contribution is -3.00. The van der Waals surface area contributed by atoms with Gasteiger partial charge in [-0.2, -0.15) is 19.3 Å². The number of nitrogens with one attached hydrogen (secondary N) is 4. The minimum absolute atomic E-state index is 0. The van der Waals surface area contributed by atoms with Gasteiger partial charge >= 0.3 is 11.8 Å². The number of amides is 4. The van der Waals surface area contributed by atoms with Crippen LogP contribution in [-0.2, 0) is 45.1 Å². The molecule has 6 aliphatic rings. The summed E-state index contributed by atoms with van der Waals surface area (Å²) in [5, 5.41) is 35.4. The number of aryl methyl sites for hydroxylation is 2. The summed E-state index contributed by atoms with van der Waals surface area (Å²) in [6, 6.07) is 19.0. The highest BCUT2D eigenvalue weighted by atomic mass is 35.5. The van der Waals surface area contributed by atoms with Crippen LogP contribution in [0.3, 0.4) is 0 Å². The number of benzene rings is 2. The van der Waals surface area contributed by atoms with Crippen LogP contribution < -0.4 is 55.4 Å². The van der Waals surface area contributed by atoms with Gasteiger partial charge in [-0.3, -0.25) is 19.2 Å². The number of carbonyl (C=O) groups is 4. The molecule has 4 aromatic rings. The number of carbonyl (C=O) groups excluding carboxylic acids is 4. The van der Waals surface area contributed by atoms with Crippen LogP contribution in [-0.4, -0.2) is 45.3 Å². The number of fused-ring (bicyclic) bond motifs is 10. The zero-order valence-corrected chi connectivity index (χ0v) is 44.3. The summed E-state index contributed by atoms with van der Waals surface area (Å²) in [6.45, 7) is 4.91. The number of unbranched alkanes of at least 4 members (excludes halogenated alkanes) is 3. The second-order valence-corrected chi connectivity index (χ2v) is 22.3. The number of rotatable bonds is 15. The van der Waals surface area contributed by atoms with Gasteiger partial charge in [0.2, 0.25) is 24.9 Å². The van der Waals surface area contributed by atoms with E-state index in [0.717, 1.165) is 101 Å². The smallest absolute Gasteiger partial charge is 0.305 e. The third kappa shape index (κ3) is 11.7. The van der Waals surface area contributed by atoms with Crippen molar-refractivity contribution in [2.24, 2.45) is 44.7 Å². The number of hydrazone groups is 2. The van der Waals surface area contributed by atoms with Gasteiger partial charge in [-0.05, 0) is 172 Å². The summed E-state index contributed by atoms with van der Waals surface area (Å²) in [6.07, 6.45) is 23.5. The number of aromatic nitrogens is 2. The number of aromatic hydroxyl groups is 2. The van der Waals surface area contributed by atoms with E-state index >= 15 is 0 Å². The monoisotopic (exact) mass is 1050 g/mol. The Balaban J connectivity index is 0.00000364. The molecule has 0 radical (unpaired) electrons. The molecule has 0 bridgehead atoms. The lowest BCUT2D eigenvalue weighted by Gasteiger charge is -2.49. The van der Waals surface area contributed by atoms with Crippen molar-refractivity contribution >= 4 is 46.4 Å². The standard InChI is InChI=1S/C58H70N8O6.2ClH/c1-57-27-21-45-43-15-11-41(67)33-37(43)9-13-47(45)49(57)17-19-51(57)61-63-55(71)35-65-29-23-39(24-30-65)59-53(69)7-5-3-4-6-8-54(70)60-40-25-31-66(32-26-40)36-56(72)64-62-52-20-18-50-48-14-10-38-34-42(68)12-16-44(38)46(48)22-28-58(50,52)2;;/h11-12,15-16,23-26,29-34,45-50H,3-10,13-14,17-22,27-28,35-36H2,1-2H3,(H4,63,64,67,68,71,72);2*1H/b61-51+,62-52+;;/t45-,46-,47-,48-,49+,50+,57+,58+;;/m1../s1. The van der Waals surface area contributed by atoms with Crippen LogP contribution >= 0.6 is 0 Å². The largest absolute Gasteiger partial charge is 1.00 e. The molecule has 394 valence electrons. The molecule has 2 heterocycles. The van der Waals surface area contributed by atoms with Crippen LogP contribution in [0.1, 0.15) is 151 Å². The van der Waals surface area contributed by atoms with Gasteiger partial charge in [0.05, 0.1) is 11.4 Å². The van der Waals surface area contributed by atoms with Crippen molar-refractivity contribution in [2.75, 3.05) is 10.6 Å². The van der Waals surface area contributed by atoms with Gasteiger partial charge < -0.3 is 45.7 Å². The molecule has 74 heavy (non-hydrogen) atoms. The molecule has 14 nitrogen and oxygen atoms in total. The van der Waals surface area contributed by atoms with Gasteiger partial charge in [-0.15, -0.1) is 0 Å². The van der Waals surface area contributed by atoms with E-state index in [1.165, 1.54) is 22.3 Å². The number of phenols is 2. The molecule has 6 aliphatic carbocycles. The topological polar surface area (TPSA) is 189 Å². The van der Waals surface area contributed by atoms with Gasteiger partial charge in [0, 0.05) is 59.4 Å². The molecule has 0 spiro atoms. The first-order valence-corrected chi connectivity index (χ1v) is 26.8. The van der Waals surface area contributed by atoms with Crippen LogP contribution in [0.5, 0.6) is 11.5 Å². The Hall–Kier alpha value is -5.86. The second kappa shape index (κ2) is 23.4. The third-order valence-corrected chi connectivity index (χ3v) is 18.1. The molecular weight excluding hydrogens is 976 g/mol. The summed E-state index contributed by atoms with van der Waals surface area (Å²) >= 11 is 0. The third-order valence-electron chi connectivity index (χ3n) is 18.1. The van der Waals surface area contributed by atoms with E-state index in [-0.39, 0.29) is 72.4 Å². The Morgan fingerprint density at radius 2 is 0.946 bits per heavy atom. The van der Waals surface area contributed by atoms with E-state index in [9.17, 15) is 29.4 Å². The number of nitrogens with zero attached hydrogens (tertiary/aromatic N) is 4. The van der Waals surface area contributed by atoms with Gasteiger partial charge in [0.15, 0.2) is 24.8 Å². The molecule has 6 N–H and O–H groups in total. The van der Waals surface area contributed by atoms with E-state index in [1.54, 1.807) is 58.2 Å². The lowest BCUT2D eigenvalue weighted by molar-refractivity contribution is -0.684. The number of pyridine rings is 2. The highest BCUT2D eigenvalue weighted by molar-refractivity contribution is 5.94. The van der Waals surface area contributed by atoms with Crippen molar-refractivity contribution in [1.29, 1.82) is 0 Å². The fraction of sp³-hybridized carbons (Fsp3) is 0.517. The lowest BCUT2D eigenvalue weighted by atomic mass is 9.55. The highest BCUT2D eigenvalue weighted by Gasteiger charge is 2.55. The summed E-state index contributed by atoms with van der Waals surface area (Å²) in [5.74, 6) is 3.51. The maximum Gasteiger partial charge on any atom is 0.305 e. The predicted molar refractivity (Wildman–Crippen MR) is 275 cm³/mol. The van der Waals surface area contributed by atoms with E-state index in [1.807, 2.05) is 24.3 Å². The molecule has 8 atom stereocenters. The molecule has 0 saturated heterocycles. The van der Waals surface area contributed by atoms with E-state index < -0.39 is 0 Å². The van der Waals surface area contributed by atoms with E-state index in [0.29, 0.717) is 84.1 Å². The molecule has 0 aliphatic heterocycles. The minimum atomic E-state index is -0.188. The number of hydrogen-bond donors (Lipinski definition) is 6. The Bertz CT molecular complexity index is 2580. The fourth-order valence-corrected chi connectivity index (χ4v) is 14.4. The first kappa shape index (κ1) is 54.4. The van der Waals surface area contributed by atoms with E-state index in [4.69, 9.17) is 10.2 Å². The molecule has 16 heteroatoms. The molecule has 10 rings (SSSR count). The molecule has 0 unspecified atom stereocenters. The van der Waals surface area contributed by atoms with Crippen molar-refractivity contribution in [2.45, 2.75) is 154 Å². The van der Waals surface area contributed by atoms with Crippen molar-refractivity contribution in [3.8, 4) is 11.5 Å². The van der Waals surface area contributed by atoms with Crippen LogP contribution in [0.15, 0.2) is 95.7 Å². The minimum Gasteiger partial charge on any atom is -1.00 e. The first-order valence-electron chi connectivity index (χ1n) is 26.8. The molecule has 4 amide bonds. The normalized spacial score (nSPS) is 27.1. The van der Waals surface area contributed by atoms with Crippen molar-refractivity contribution in [1.82, 2.24) is 10.9 Å². The average molecular weight is 1050 g/mol. The van der Waals surface area contributed by atoms with Crippen molar-refractivity contribution < 1.29 is 63.3 Å².